The molecule has 0 aliphatic rings. The standard InChI is InChI=1S/C12H13BrClN3/c1-7-12(14)8(2)17(16-7)6-9-3-4-10(15)5-11(9)13/h3-5H,6,15H2,1-2H3. The second-order valence-corrected chi connectivity index (χ2v) is 5.23. The van der Waals surface area contributed by atoms with Crippen molar-refractivity contribution in [3.05, 3.63) is 44.6 Å². The van der Waals surface area contributed by atoms with Crippen LogP contribution in [0.5, 0.6) is 0 Å². The molecule has 0 fully saturated rings. The SMILES string of the molecule is Cc1nn(Cc2ccc(N)cc2Br)c(C)c1Cl. The molecule has 0 unspecified atom stereocenters. The zero-order valence-electron chi connectivity index (χ0n) is 9.67. The largest absolute Gasteiger partial charge is 0.399 e. The highest BCUT2D eigenvalue weighted by Gasteiger charge is 2.10. The van der Waals surface area contributed by atoms with Crippen LogP contribution in [0.3, 0.4) is 0 Å². The molecule has 2 aromatic rings. The van der Waals surface area contributed by atoms with Crippen LogP contribution in [0.1, 0.15) is 17.0 Å². The van der Waals surface area contributed by atoms with Crippen LogP contribution in [-0.2, 0) is 6.54 Å². The molecule has 5 heteroatoms. The van der Waals surface area contributed by atoms with Crippen LogP contribution in [0.15, 0.2) is 22.7 Å². The van der Waals surface area contributed by atoms with Crippen LogP contribution in [0.25, 0.3) is 0 Å². The van der Waals surface area contributed by atoms with Crippen LogP contribution in [0, 0.1) is 13.8 Å². The van der Waals surface area contributed by atoms with E-state index in [2.05, 4.69) is 21.0 Å². The van der Waals surface area contributed by atoms with Gasteiger partial charge in [0.2, 0.25) is 0 Å². The van der Waals surface area contributed by atoms with Crippen molar-refractivity contribution >= 4 is 33.2 Å². The van der Waals surface area contributed by atoms with Gasteiger partial charge in [-0.25, -0.2) is 0 Å². The highest BCUT2D eigenvalue weighted by atomic mass is 79.9. The summed E-state index contributed by atoms with van der Waals surface area (Å²) in [5, 5.41) is 5.13. The van der Waals surface area contributed by atoms with E-state index in [1.807, 2.05) is 36.7 Å². The first-order valence-corrected chi connectivity index (χ1v) is 6.39. The van der Waals surface area contributed by atoms with Crippen molar-refractivity contribution < 1.29 is 0 Å². The number of rotatable bonds is 2. The Morgan fingerprint density at radius 1 is 1.41 bits per heavy atom. The second kappa shape index (κ2) is 4.70. The molecular formula is C12H13BrClN3. The van der Waals surface area contributed by atoms with E-state index in [0.717, 1.165) is 32.1 Å². The topological polar surface area (TPSA) is 43.8 Å². The van der Waals surface area contributed by atoms with Crippen molar-refractivity contribution in [1.29, 1.82) is 0 Å². The highest BCUT2D eigenvalue weighted by molar-refractivity contribution is 9.10. The first-order valence-electron chi connectivity index (χ1n) is 5.22. The lowest BCUT2D eigenvalue weighted by molar-refractivity contribution is 0.657. The summed E-state index contributed by atoms with van der Waals surface area (Å²) in [4.78, 5) is 0. The highest BCUT2D eigenvalue weighted by Crippen LogP contribution is 2.24. The summed E-state index contributed by atoms with van der Waals surface area (Å²) in [6.45, 7) is 4.55. The third-order valence-electron chi connectivity index (χ3n) is 2.69. The van der Waals surface area contributed by atoms with Gasteiger partial charge in [0.25, 0.3) is 0 Å². The molecule has 0 aliphatic carbocycles. The molecule has 1 heterocycles. The van der Waals surface area contributed by atoms with Gasteiger partial charge in [-0.05, 0) is 31.5 Å². The van der Waals surface area contributed by atoms with Crippen LogP contribution >= 0.6 is 27.5 Å². The predicted octanol–water partition coefficient (Wildman–Crippen LogP) is 3.55. The Morgan fingerprint density at radius 3 is 2.65 bits per heavy atom. The quantitative estimate of drug-likeness (QED) is 0.862. The maximum Gasteiger partial charge on any atom is 0.0844 e. The molecule has 2 rings (SSSR count). The Hall–Kier alpha value is -1.000. The monoisotopic (exact) mass is 313 g/mol. The Bertz CT molecular complexity index is 563. The fourth-order valence-corrected chi connectivity index (χ4v) is 2.34. The third-order valence-corrected chi connectivity index (χ3v) is 3.98. The Labute approximate surface area is 114 Å². The Balaban J connectivity index is 2.34. The summed E-state index contributed by atoms with van der Waals surface area (Å²) >= 11 is 9.61. The van der Waals surface area contributed by atoms with E-state index in [1.54, 1.807) is 0 Å². The van der Waals surface area contributed by atoms with Crippen molar-refractivity contribution in [2.24, 2.45) is 0 Å². The predicted molar refractivity (Wildman–Crippen MR) is 74.4 cm³/mol. The van der Waals surface area contributed by atoms with Crippen molar-refractivity contribution in [3.63, 3.8) is 0 Å². The number of halogens is 2. The number of nitrogens with two attached hydrogens (primary N) is 1. The molecule has 0 radical (unpaired) electrons. The lowest BCUT2D eigenvalue weighted by atomic mass is 10.2. The fraction of sp³-hybridized carbons (Fsp3) is 0.250. The minimum absolute atomic E-state index is 0.681. The molecule has 0 saturated heterocycles. The number of nitrogens with zero attached hydrogens (tertiary/aromatic N) is 2. The first kappa shape index (κ1) is 12.5. The average molecular weight is 315 g/mol. The maximum absolute atomic E-state index is 6.11. The lowest BCUT2D eigenvalue weighted by Crippen LogP contribution is -2.04. The summed E-state index contributed by atoms with van der Waals surface area (Å²) in [6.07, 6.45) is 0. The molecule has 90 valence electrons. The van der Waals surface area contributed by atoms with Crippen LogP contribution in [0.4, 0.5) is 5.69 Å². The van der Waals surface area contributed by atoms with Gasteiger partial charge in [0.1, 0.15) is 0 Å². The normalized spacial score (nSPS) is 10.8. The molecule has 1 aromatic heterocycles. The van der Waals surface area contributed by atoms with E-state index < -0.39 is 0 Å². The van der Waals surface area contributed by atoms with Crippen molar-refractivity contribution in [2.75, 3.05) is 5.73 Å². The van der Waals surface area contributed by atoms with Crippen molar-refractivity contribution in [3.8, 4) is 0 Å². The summed E-state index contributed by atoms with van der Waals surface area (Å²) < 4.78 is 2.88. The minimum atomic E-state index is 0.681. The van der Waals surface area contributed by atoms with Gasteiger partial charge in [0, 0.05) is 10.2 Å². The van der Waals surface area contributed by atoms with E-state index >= 15 is 0 Å². The molecule has 17 heavy (non-hydrogen) atoms. The molecule has 0 amide bonds. The molecule has 3 nitrogen and oxygen atoms in total. The van der Waals surface area contributed by atoms with Gasteiger partial charge in [-0.15, -0.1) is 0 Å². The molecule has 2 N–H and O–H groups in total. The number of benzene rings is 1. The van der Waals surface area contributed by atoms with Gasteiger partial charge >= 0.3 is 0 Å². The number of hydrogen-bond acceptors (Lipinski definition) is 2. The summed E-state index contributed by atoms with van der Waals surface area (Å²) in [6, 6.07) is 5.76. The van der Waals surface area contributed by atoms with Crippen LogP contribution in [-0.4, -0.2) is 9.78 Å². The number of hydrogen-bond donors (Lipinski definition) is 1. The number of anilines is 1. The fourth-order valence-electron chi connectivity index (χ4n) is 1.68. The van der Waals surface area contributed by atoms with Gasteiger partial charge < -0.3 is 5.73 Å². The minimum Gasteiger partial charge on any atom is -0.399 e. The van der Waals surface area contributed by atoms with Crippen LogP contribution < -0.4 is 5.73 Å². The van der Waals surface area contributed by atoms with Gasteiger partial charge in [-0.1, -0.05) is 33.6 Å². The summed E-state index contributed by atoms with van der Waals surface area (Å²) in [5.41, 5.74) is 9.41. The maximum atomic E-state index is 6.11. The second-order valence-electron chi connectivity index (χ2n) is 3.99. The smallest absolute Gasteiger partial charge is 0.0844 e. The van der Waals surface area contributed by atoms with E-state index in [-0.39, 0.29) is 0 Å². The van der Waals surface area contributed by atoms with Gasteiger partial charge in [0.15, 0.2) is 0 Å². The summed E-state index contributed by atoms with van der Waals surface area (Å²) in [5.74, 6) is 0. The first-order chi connectivity index (χ1) is 7.99. The summed E-state index contributed by atoms with van der Waals surface area (Å²) in [7, 11) is 0. The van der Waals surface area contributed by atoms with E-state index in [0.29, 0.717) is 6.54 Å². The van der Waals surface area contributed by atoms with E-state index in [4.69, 9.17) is 17.3 Å². The lowest BCUT2D eigenvalue weighted by Gasteiger charge is -2.07. The number of aromatic nitrogens is 2. The molecular weight excluding hydrogens is 302 g/mol. The molecule has 1 aromatic carbocycles. The Kier molecular flexibility index (Phi) is 3.45. The van der Waals surface area contributed by atoms with Crippen molar-refractivity contribution in [2.45, 2.75) is 20.4 Å². The zero-order valence-corrected chi connectivity index (χ0v) is 12.0. The zero-order chi connectivity index (χ0) is 12.6. The number of nitrogen functional groups attached to an aromatic ring is 1. The molecule has 0 atom stereocenters. The van der Waals surface area contributed by atoms with Crippen molar-refractivity contribution in [1.82, 2.24) is 9.78 Å². The van der Waals surface area contributed by atoms with Crippen LogP contribution in [0.2, 0.25) is 5.02 Å². The third kappa shape index (κ3) is 2.48. The molecule has 0 spiro atoms. The molecule has 0 bridgehead atoms. The number of aryl methyl sites for hydroxylation is 1. The molecule has 0 saturated carbocycles. The van der Waals surface area contributed by atoms with E-state index in [9.17, 15) is 0 Å². The molecule has 0 aliphatic heterocycles. The van der Waals surface area contributed by atoms with Gasteiger partial charge in [0.05, 0.1) is 23.0 Å². The van der Waals surface area contributed by atoms with Gasteiger partial charge in [-0.3, -0.25) is 4.68 Å². The Morgan fingerprint density at radius 2 is 2.12 bits per heavy atom. The van der Waals surface area contributed by atoms with Gasteiger partial charge in [-0.2, -0.15) is 5.10 Å². The average Bonchev–Trinajstić information content (AvgIpc) is 2.50. The van der Waals surface area contributed by atoms with E-state index in [1.165, 1.54) is 0 Å².